The normalized spacial score (nSPS) is 11.1. The Hall–Kier alpha value is -1.90. The minimum absolute atomic E-state index is 0.0975. The van der Waals surface area contributed by atoms with Crippen molar-refractivity contribution in [3.63, 3.8) is 0 Å². The second-order valence-electron chi connectivity index (χ2n) is 4.84. The molecule has 2 N–H and O–H groups in total. The molecule has 2 rings (SSSR count). The van der Waals surface area contributed by atoms with Crippen LogP contribution in [0.25, 0.3) is 0 Å². The first-order valence-electron chi connectivity index (χ1n) is 7.10. The average Bonchev–Trinajstić information content (AvgIpc) is 2.59. The highest BCUT2D eigenvalue weighted by Gasteiger charge is 2.13. The Morgan fingerprint density at radius 3 is 2.25 bits per heavy atom. The third-order valence-corrected chi connectivity index (χ3v) is 5.18. The van der Waals surface area contributed by atoms with Crippen LogP contribution in [0.3, 0.4) is 0 Å². The van der Waals surface area contributed by atoms with Gasteiger partial charge in [0, 0.05) is 23.1 Å². The highest BCUT2D eigenvalue weighted by Crippen LogP contribution is 2.14. The Morgan fingerprint density at radius 2 is 1.67 bits per heavy atom. The van der Waals surface area contributed by atoms with Gasteiger partial charge in [-0.25, -0.2) is 13.1 Å². The number of nitrogens with one attached hydrogen (secondary N) is 2. The molecule has 1 amide bonds. The first-order chi connectivity index (χ1) is 11.4. The van der Waals surface area contributed by atoms with E-state index in [2.05, 4.69) is 26.0 Å². The monoisotopic (exact) mass is 412 g/mol. The lowest BCUT2D eigenvalue weighted by Crippen LogP contribution is -2.34. The summed E-state index contributed by atoms with van der Waals surface area (Å²) in [6.45, 7) is 0.279. The van der Waals surface area contributed by atoms with Gasteiger partial charge in [0.25, 0.3) is 5.91 Å². The Bertz CT molecular complexity index is 790. The molecule has 2 aromatic rings. The van der Waals surface area contributed by atoms with Gasteiger partial charge in [0.1, 0.15) is 5.75 Å². The molecular weight excluding hydrogens is 396 g/mol. The summed E-state index contributed by atoms with van der Waals surface area (Å²) in [7, 11) is -2.04. The number of sulfonamides is 1. The largest absolute Gasteiger partial charge is 0.497 e. The van der Waals surface area contributed by atoms with Crippen molar-refractivity contribution in [2.75, 3.05) is 20.2 Å². The second-order valence-corrected chi connectivity index (χ2v) is 7.52. The Labute approximate surface area is 149 Å². The molecule has 128 valence electrons. The van der Waals surface area contributed by atoms with Crippen molar-refractivity contribution in [2.24, 2.45) is 0 Å². The molecule has 24 heavy (non-hydrogen) atoms. The van der Waals surface area contributed by atoms with Crippen molar-refractivity contribution >= 4 is 31.9 Å². The van der Waals surface area contributed by atoms with E-state index in [-0.39, 0.29) is 23.9 Å². The molecule has 0 heterocycles. The summed E-state index contributed by atoms with van der Waals surface area (Å²) in [5, 5.41) is 2.66. The number of methoxy groups -OCH3 is 1. The Morgan fingerprint density at radius 1 is 1.04 bits per heavy atom. The fourth-order valence-corrected chi connectivity index (χ4v) is 3.20. The van der Waals surface area contributed by atoms with E-state index in [0.717, 1.165) is 4.47 Å². The number of ether oxygens (including phenoxy) is 1. The third-order valence-electron chi connectivity index (χ3n) is 3.18. The van der Waals surface area contributed by atoms with Gasteiger partial charge in [0.15, 0.2) is 0 Å². The fourth-order valence-electron chi connectivity index (χ4n) is 1.90. The first kappa shape index (κ1) is 18.4. The number of amides is 1. The summed E-state index contributed by atoms with van der Waals surface area (Å²) < 4.78 is 32.4. The lowest BCUT2D eigenvalue weighted by molar-refractivity contribution is 0.0954. The second kappa shape index (κ2) is 8.27. The zero-order valence-electron chi connectivity index (χ0n) is 13.0. The first-order valence-corrected chi connectivity index (χ1v) is 9.37. The van der Waals surface area contributed by atoms with Crippen LogP contribution in [0.2, 0.25) is 0 Å². The highest BCUT2D eigenvalue weighted by atomic mass is 79.9. The lowest BCUT2D eigenvalue weighted by Gasteiger charge is -2.08. The quantitative estimate of drug-likeness (QED) is 0.682. The topological polar surface area (TPSA) is 84.5 Å². The van der Waals surface area contributed by atoms with Gasteiger partial charge in [0.2, 0.25) is 10.0 Å². The SMILES string of the molecule is COc1ccc(C(=O)NCCNS(=O)(=O)c2ccc(Br)cc2)cc1. The maximum absolute atomic E-state index is 12.1. The van der Waals surface area contributed by atoms with Crippen LogP contribution in [0.4, 0.5) is 0 Å². The summed E-state index contributed by atoms with van der Waals surface area (Å²) in [5.74, 6) is 0.384. The summed E-state index contributed by atoms with van der Waals surface area (Å²) in [6, 6.07) is 13.0. The van der Waals surface area contributed by atoms with Gasteiger partial charge in [-0.15, -0.1) is 0 Å². The van der Waals surface area contributed by atoms with E-state index < -0.39 is 10.0 Å². The summed E-state index contributed by atoms with van der Waals surface area (Å²) in [6.07, 6.45) is 0. The number of hydrogen-bond donors (Lipinski definition) is 2. The van der Waals surface area contributed by atoms with Crippen LogP contribution in [0.5, 0.6) is 5.75 Å². The van der Waals surface area contributed by atoms with Crippen LogP contribution in [0, 0.1) is 0 Å². The fraction of sp³-hybridized carbons (Fsp3) is 0.188. The molecule has 0 unspecified atom stereocenters. The minimum Gasteiger partial charge on any atom is -0.497 e. The van der Waals surface area contributed by atoms with Crippen molar-refractivity contribution < 1.29 is 17.9 Å². The summed E-state index contributed by atoms with van der Waals surface area (Å²) >= 11 is 3.25. The molecule has 0 atom stereocenters. The van der Waals surface area contributed by atoms with Crippen LogP contribution < -0.4 is 14.8 Å². The molecular formula is C16H17BrN2O4S. The average molecular weight is 413 g/mol. The summed E-state index contributed by atoms with van der Waals surface area (Å²) in [4.78, 5) is 12.1. The number of carbonyl (C=O) groups is 1. The van der Waals surface area contributed by atoms with E-state index in [1.165, 1.54) is 12.1 Å². The van der Waals surface area contributed by atoms with Gasteiger partial charge < -0.3 is 10.1 Å². The molecule has 0 aliphatic carbocycles. The van der Waals surface area contributed by atoms with Crippen LogP contribution in [0.1, 0.15) is 10.4 Å². The number of rotatable bonds is 7. The van der Waals surface area contributed by atoms with Crippen LogP contribution in [0.15, 0.2) is 57.9 Å². The van der Waals surface area contributed by atoms with Crippen LogP contribution >= 0.6 is 15.9 Å². The molecule has 0 fully saturated rings. The van der Waals surface area contributed by atoms with E-state index in [1.807, 2.05) is 0 Å². The molecule has 0 aliphatic heterocycles. The molecule has 6 nitrogen and oxygen atoms in total. The zero-order valence-corrected chi connectivity index (χ0v) is 15.4. The molecule has 0 bridgehead atoms. The van der Waals surface area contributed by atoms with E-state index in [9.17, 15) is 13.2 Å². The maximum atomic E-state index is 12.1. The van der Waals surface area contributed by atoms with Crippen LogP contribution in [-0.2, 0) is 10.0 Å². The molecule has 0 radical (unpaired) electrons. The minimum atomic E-state index is -3.59. The van der Waals surface area contributed by atoms with E-state index in [4.69, 9.17) is 4.74 Å². The predicted molar refractivity (Wildman–Crippen MR) is 94.7 cm³/mol. The number of benzene rings is 2. The van der Waals surface area contributed by atoms with E-state index in [1.54, 1.807) is 43.5 Å². The van der Waals surface area contributed by atoms with Gasteiger partial charge in [-0.05, 0) is 48.5 Å². The van der Waals surface area contributed by atoms with Crippen molar-refractivity contribution in [2.45, 2.75) is 4.90 Å². The zero-order chi connectivity index (χ0) is 17.6. The van der Waals surface area contributed by atoms with Gasteiger partial charge >= 0.3 is 0 Å². The smallest absolute Gasteiger partial charge is 0.251 e. The van der Waals surface area contributed by atoms with Gasteiger partial charge in [-0.2, -0.15) is 0 Å². The molecule has 8 heteroatoms. The van der Waals surface area contributed by atoms with Crippen molar-refractivity contribution in [3.05, 3.63) is 58.6 Å². The van der Waals surface area contributed by atoms with E-state index >= 15 is 0 Å². The molecule has 0 aliphatic rings. The van der Waals surface area contributed by atoms with Gasteiger partial charge in [-0.1, -0.05) is 15.9 Å². The highest BCUT2D eigenvalue weighted by molar-refractivity contribution is 9.10. The van der Waals surface area contributed by atoms with Gasteiger partial charge in [0.05, 0.1) is 12.0 Å². The van der Waals surface area contributed by atoms with E-state index in [0.29, 0.717) is 11.3 Å². The molecule has 0 saturated heterocycles. The maximum Gasteiger partial charge on any atom is 0.251 e. The standard InChI is InChI=1S/C16H17BrN2O4S/c1-23-14-6-2-12(3-7-14)16(20)18-10-11-19-24(21,22)15-8-4-13(17)5-9-15/h2-9,19H,10-11H2,1H3,(H,18,20). The summed E-state index contributed by atoms with van der Waals surface area (Å²) in [5.41, 5.74) is 0.478. The van der Waals surface area contributed by atoms with Crippen molar-refractivity contribution in [1.29, 1.82) is 0 Å². The van der Waals surface area contributed by atoms with Gasteiger partial charge in [-0.3, -0.25) is 4.79 Å². The van der Waals surface area contributed by atoms with Crippen molar-refractivity contribution in [1.82, 2.24) is 10.0 Å². The number of carbonyl (C=O) groups excluding carboxylic acids is 1. The molecule has 0 saturated carbocycles. The number of hydrogen-bond acceptors (Lipinski definition) is 4. The van der Waals surface area contributed by atoms with Crippen molar-refractivity contribution in [3.8, 4) is 5.75 Å². The lowest BCUT2D eigenvalue weighted by atomic mass is 10.2. The Kier molecular flexibility index (Phi) is 6.36. The number of halogens is 1. The molecule has 2 aromatic carbocycles. The molecule has 0 aromatic heterocycles. The Balaban J connectivity index is 1.83. The third kappa shape index (κ3) is 5.05. The predicted octanol–water partition coefficient (Wildman–Crippen LogP) is 2.17. The van der Waals surface area contributed by atoms with Crippen LogP contribution in [-0.4, -0.2) is 34.5 Å². The molecule has 0 spiro atoms.